The molecular formula is C19H22BrFN4O. The van der Waals surface area contributed by atoms with Gasteiger partial charge in [-0.3, -0.25) is 4.90 Å². The number of rotatable bonds is 4. The summed E-state index contributed by atoms with van der Waals surface area (Å²) < 4.78 is 19.6. The number of alkyl halides is 1. The van der Waals surface area contributed by atoms with E-state index in [0.29, 0.717) is 30.5 Å². The van der Waals surface area contributed by atoms with Gasteiger partial charge in [0.25, 0.3) is 0 Å². The maximum absolute atomic E-state index is 13.4. The van der Waals surface area contributed by atoms with Gasteiger partial charge in [0.15, 0.2) is 5.58 Å². The van der Waals surface area contributed by atoms with E-state index in [2.05, 4.69) is 31.1 Å². The van der Waals surface area contributed by atoms with Gasteiger partial charge in [-0.2, -0.15) is 5.26 Å². The number of nitriles is 1. The van der Waals surface area contributed by atoms with Crippen molar-refractivity contribution in [3.05, 3.63) is 22.5 Å². The quantitative estimate of drug-likeness (QED) is 0.789. The molecule has 0 radical (unpaired) electrons. The minimum atomic E-state index is -0.628. The van der Waals surface area contributed by atoms with Crippen LogP contribution in [0.2, 0.25) is 0 Å². The molecule has 1 N–H and O–H groups in total. The van der Waals surface area contributed by atoms with E-state index in [1.165, 1.54) is 0 Å². The Kier molecular flexibility index (Phi) is 5.14. The van der Waals surface area contributed by atoms with Crippen LogP contribution in [0, 0.1) is 17.2 Å². The Labute approximate surface area is 160 Å². The van der Waals surface area contributed by atoms with Crippen molar-refractivity contribution in [3.8, 4) is 6.07 Å². The summed E-state index contributed by atoms with van der Waals surface area (Å²) in [5.41, 5.74) is 0.608. The van der Waals surface area contributed by atoms with E-state index in [1.54, 1.807) is 12.3 Å². The number of furan rings is 1. The van der Waals surface area contributed by atoms with Crippen LogP contribution in [0.4, 0.5) is 10.2 Å². The van der Waals surface area contributed by atoms with Gasteiger partial charge in [0.1, 0.15) is 18.1 Å². The highest BCUT2D eigenvalue weighted by atomic mass is 79.9. The van der Waals surface area contributed by atoms with Crippen LogP contribution in [0.15, 0.2) is 21.2 Å². The number of fused-ring (bicyclic) bond motifs is 1. The molecular weight excluding hydrogens is 399 g/mol. The second-order valence-corrected chi connectivity index (χ2v) is 8.15. The zero-order chi connectivity index (χ0) is 18.1. The Morgan fingerprint density at radius 3 is 2.85 bits per heavy atom. The van der Waals surface area contributed by atoms with Gasteiger partial charge in [-0.15, -0.1) is 0 Å². The Bertz CT molecular complexity index is 825. The fourth-order valence-electron chi connectivity index (χ4n) is 4.19. The summed E-state index contributed by atoms with van der Waals surface area (Å²) in [5, 5.41) is 13.3. The minimum Gasteiger partial charge on any atom is -0.444 e. The largest absolute Gasteiger partial charge is 0.444 e. The van der Waals surface area contributed by atoms with Gasteiger partial charge >= 0.3 is 0 Å². The van der Waals surface area contributed by atoms with E-state index in [-0.39, 0.29) is 5.76 Å². The molecule has 1 unspecified atom stereocenters. The molecule has 2 aromatic heterocycles. The molecule has 1 atom stereocenters. The highest BCUT2D eigenvalue weighted by Crippen LogP contribution is 2.33. The second kappa shape index (κ2) is 7.53. The van der Waals surface area contributed by atoms with Crippen molar-refractivity contribution in [1.29, 1.82) is 5.26 Å². The van der Waals surface area contributed by atoms with E-state index in [4.69, 9.17) is 9.68 Å². The van der Waals surface area contributed by atoms with Gasteiger partial charge in [0.05, 0.1) is 10.7 Å². The monoisotopic (exact) mass is 420 g/mol. The lowest BCUT2D eigenvalue weighted by atomic mass is 9.85. The van der Waals surface area contributed by atoms with Crippen molar-refractivity contribution in [2.24, 2.45) is 5.92 Å². The summed E-state index contributed by atoms with van der Waals surface area (Å²) in [7, 11) is 0. The van der Waals surface area contributed by atoms with E-state index in [1.807, 2.05) is 6.07 Å². The number of anilines is 1. The molecule has 0 spiro atoms. The molecule has 7 heteroatoms. The van der Waals surface area contributed by atoms with Gasteiger partial charge in [0, 0.05) is 37.1 Å². The first-order valence-electron chi connectivity index (χ1n) is 9.24. The van der Waals surface area contributed by atoms with Gasteiger partial charge < -0.3 is 9.73 Å². The third-order valence-corrected chi connectivity index (χ3v) is 6.48. The predicted octanol–water partition coefficient (Wildman–Crippen LogP) is 4.48. The van der Waals surface area contributed by atoms with Crippen molar-refractivity contribution in [2.75, 3.05) is 25.0 Å². The van der Waals surface area contributed by atoms with Crippen molar-refractivity contribution in [1.82, 2.24) is 9.88 Å². The van der Waals surface area contributed by atoms with Crippen LogP contribution in [0.3, 0.4) is 0 Å². The predicted molar refractivity (Wildman–Crippen MR) is 102 cm³/mol. The number of hydrogen-bond donors (Lipinski definition) is 1. The van der Waals surface area contributed by atoms with Crippen LogP contribution in [-0.2, 0) is 0 Å². The molecule has 3 heterocycles. The number of halogens is 2. The Morgan fingerprint density at radius 2 is 2.15 bits per heavy atom. The van der Waals surface area contributed by atoms with Crippen molar-refractivity contribution >= 4 is 32.7 Å². The fraction of sp³-hybridized carbons (Fsp3) is 0.579. The standard InChI is InChI=1S/C19H22BrFN4O/c20-18-16-7-15(8-22)26-17(16)10-24-19(18)23-9-12-1-3-14(4-2-12)25-6-5-13(21)11-25/h7,10,12-14H,1-6,9,11H2,(H,23,24). The molecule has 1 saturated carbocycles. The lowest BCUT2D eigenvalue weighted by Gasteiger charge is -2.34. The summed E-state index contributed by atoms with van der Waals surface area (Å²) in [6.07, 6.45) is 6.36. The fourth-order valence-corrected chi connectivity index (χ4v) is 4.74. The van der Waals surface area contributed by atoms with E-state index in [0.717, 1.165) is 54.4 Å². The third-order valence-electron chi connectivity index (χ3n) is 5.68. The lowest BCUT2D eigenvalue weighted by Crippen LogP contribution is -2.37. The number of nitrogens with zero attached hydrogens (tertiary/aromatic N) is 3. The Hall–Kier alpha value is -1.65. The molecule has 4 rings (SSSR count). The molecule has 0 amide bonds. The summed E-state index contributed by atoms with van der Waals surface area (Å²) in [6, 6.07) is 4.30. The first-order chi connectivity index (χ1) is 12.6. The minimum absolute atomic E-state index is 0.287. The highest BCUT2D eigenvalue weighted by Gasteiger charge is 2.31. The van der Waals surface area contributed by atoms with Gasteiger partial charge in [-0.05, 0) is 54.0 Å². The summed E-state index contributed by atoms with van der Waals surface area (Å²) in [4.78, 5) is 6.75. The molecule has 138 valence electrons. The number of likely N-dealkylation sites (tertiary alicyclic amines) is 1. The van der Waals surface area contributed by atoms with Crippen LogP contribution in [0.5, 0.6) is 0 Å². The molecule has 1 saturated heterocycles. The number of nitrogens with one attached hydrogen (secondary N) is 1. The molecule has 5 nitrogen and oxygen atoms in total. The molecule has 2 aliphatic rings. The third kappa shape index (κ3) is 3.58. The van der Waals surface area contributed by atoms with Crippen LogP contribution in [0.1, 0.15) is 37.9 Å². The highest BCUT2D eigenvalue weighted by molar-refractivity contribution is 9.10. The zero-order valence-electron chi connectivity index (χ0n) is 14.5. The molecule has 2 fully saturated rings. The first-order valence-corrected chi connectivity index (χ1v) is 10.0. The SMILES string of the molecule is N#Cc1cc2c(Br)c(NCC3CCC(N4CCC(F)C4)CC3)ncc2o1. The molecule has 0 aromatic carbocycles. The Balaban J connectivity index is 1.33. The molecule has 2 aromatic rings. The Morgan fingerprint density at radius 1 is 1.35 bits per heavy atom. The average Bonchev–Trinajstić information content (AvgIpc) is 3.28. The topological polar surface area (TPSA) is 65.1 Å². The summed E-state index contributed by atoms with van der Waals surface area (Å²) in [5.74, 6) is 1.68. The summed E-state index contributed by atoms with van der Waals surface area (Å²) >= 11 is 3.57. The van der Waals surface area contributed by atoms with Crippen LogP contribution in [-0.4, -0.2) is 41.7 Å². The van der Waals surface area contributed by atoms with E-state index < -0.39 is 6.17 Å². The van der Waals surface area contributed by atoms with Gasteiger partial charge in [-0.25, -0.2) is 9.37 Å². The maximum Gasteiger partial charge on any atom is 0.204 e. The molecule has 1 aliphatic carbocycles. The van der Waals surface area contributed by atoms with Gasteiger partial charge in [-0.1, -0.05) is 0 Å². The van der Waals surface area contributed by atoms with Crippen LogP contribution in [0.25, 0.3) is 11.0 Å². The number of pyridine rings is 1. The van der Waals surface area contributed by atoms with Crippen molar-refractivity contribution in [2.45, 2.75) is 44.3 Å². The average molecular weight is 421 g/mol. The smallest absolute Gasteiger partial charge is 0.204 e. The van der Waals surface area contributed by atoms with Gasteiger partial charge in [0.2, 0.25) is 5.76 Å². The molecule has 26 heavy (non-hydrogen) atoms. The van der Waals surface area contributed by atoms with E-state index in [9.17, 15) is 4.39 Å². The van der Waals surface area contributed by atoms with Crippen LogP contribution < -0.4 is 5.32 Å². The number of hydrogen-bond acceptors (Lipinski definition) is 5. The van der Waals surface area contributed by atoms with E-state index >= 15 is 0 Å². The summed E-state index contributed by atoms with van der Waals surface area (Å²) in [6.45, 7) is 2.42. The van der Waals surface area contributed by atoms with Crippen LogP contribution >= 0.6 is 15.9 Å². The van der Waals surface area contributed by atoms with Crippen molar-refractivity contribution in [3.63, 3.8) is 0 Å². The second-order valence-electron chi connectivity index (χ2n) is 7.36. The molecule has 1 aliphatic heterocycles. The number of aromatic nitrogens is 1. The maximum atomic E-state index is 13.4. The zero-order valence-corrected chi connectivity index (χ0v) is 16.1. The van der Waals surface area contributed by atoms with Crippen molar-refractivity contribution < 1.29 is 8.81 Å². The first kappa shape index (κ1) is 17.7. The molecule has 0 bridgehead atoms. The lowest BCUT2D eigenvalue weighted by molar-refractivity contribution is 0.157. The normalized spacial score (nSPS) is 26.9.